The zero-order valence-corrected chi connectivity index (χ0v) is 17.4. The molecule has 1 aliphatic carbocycles. The van der Waals surface area contributed by atoms with Crippen molar-refractivity contribution >= 4 is 17.7 Å². The number of fused-ring (bicyclic) bond motifs is 1. The molecule has 2 aliphatic rings. The van der Waals surface area contributed by atoms with Crippen molar-refractivity contribution in [3.05, 3.63) is 65.2 Å². The Labute approximate surface area is 180 Å². The van der Waals surface area contributed by atoms with Crippen molar-refractivity contribution < 1.29 is 9.90 Å². The quantitative estimate of drug-likeness (QED) is 0.696. The number of nitrogens with zero attached hydrogens (tertiary/aromatic N) is 6. The molecule has 0 amide bonds. The first-order valence-corrected chi connectivity index (χ1v) is 10.6. The number of aromatic nitrogens is 4. The Balaban J connectivity index is 1.38. The van der Waals surface area contributed by atoms with Crippen molar-refractivity contribution in [2.24, 2.45) is 0 Å². The number of rotatable bonds is 3. The maximum absolute atomic E-state index is 12.9. The van der Waals surface area contributed by atoms with E-state index in [1.807, 2.05) is 25.1 Å². The Morgan fingerprint density at radius 3 is 2.29 bits per heavy atom. The number of aromatic hydroxyl groups is 1. The van der Waals surface area contributed by atoms with Gasteiger partial charge in [-0.3, -0.25) is 4.79 Å². The largest absolute Gasteiger partial charge is 0.508 e. The number of aryl methyl sites for hydroxylation is 1. The predicted octanol–water partition coefficient (Wildman–Crippen LogP) is 2.52. The second-order valence-corrected chi connectivity index (χ2v) is 8.04. The number of Topliss-reactive ketones (excluding diaryl/α,β-unsaturated/α-hetero) is 1. The van der Waals surface area contributed by atoms with Crippen LogP contribution in [0.5, 0.6) is 5.75 Å². The van der Waals surface area contributed by atoms with Crippen LogP contribution in [0.2, 0.25) is 0 Å². The Bertz CT molecular complexity index is 1110. The van der Waals surface area contributed by atoms with E-state index in [9.17, 15) is 9.90 Å². The number of hydrogen-bond acceptors (Lipinski definition) is 8. The topological polar surface area (TPSA) is 95.3 Å². The van der Waals surface area contributed by atoms with Crippen LogP contribution in [-0.4, -0.2) is 57.0 Å². The van der Waals surface area contributed by atoms with Crippen LogP contribution in [0, 0.1) is 6.92 Å². The van der Waals surface area contributed by atoms with Crippen LogP contribution >= 0.6 is 0 Å². The zero-order chi connectivity index (χ0) is 21.4. The van der Waals surface area contributed by atoms with Crippen LogP contribution < -0.4 is 9.80 Å². The summed E-state index contributed by atoms with van der Waals surface area (Å²) in [6.07, 6.45) is 4.49. The van der Waals surface area contributed by atoms with Crippen LogP contribution in [0.1, 0.15) is 39.6 Å². The zero-order valence-electron chi connectivity index (χ0n) is 17.4. The van der Waals surface area contributed by atoms with Gasteiger partial charge in [-0.15, -0.1) is 0 Å². The molecule has 3 aromatic rings. The monoisotopic (exact) mass is 416 g/mol. The van der Waals surface area contributed by atoms with Crippen LogP contribution in [-0.2, 0) is 6.42 Å². The third-order valence-electron chi connectivity index (χ3n) is 6.08. The molecule has 1 atom stereocenters. The number of para-hydroxylation sites is 1. The second kappa shape index (κ2) is 7.94. The first-order chi connectivity index (χ1) is 15.1. The summed E-state index contributed by atoms with van der Waals surface area (Å²) < 4.78 is 0. The molecule has 3 heterocycles. The minimum absolute atomic E-state index is 0.0459. The summed E-state index contributed by atoms with van der Waals surface area (Å²) >= 11 is 0. The van der Waals surface area contributed by atoms with Crippen molar-refractivity contribution in [3.63, 3.8) is 0 Å². The van der Waals surface area contributed by atoms with E-state index in [4.69, 9.17) is 4.98 Å². The third-order valence-corrected chi connectivity index (χ3v) is 6.08. The molecule has 1 saturated heterocycles. The molecule has 5 rings (SSSR count). The average molecular weight is 416 g/mol. The van der Waals surface area contributed by atoms with Gasteiger partial charge >= 0.3 is 0 Å². The Morgan fingerprint density at radius 2 is 1.58 bits per heavy atom. The summed E-state index contributed by atoms with van der Waals surface area (Å²) in [7, 11) is 0. The Morgan fingerprint density at radius 1 is 0.903 bits per heavy atom. The fourth-order valence-corrected chi connectivity index (χ4v) is 4.51. The number of phenolic OH excluding ortho intramolecular Hbond substituents is 1. The number of carbonyl (C=O) groups is 1. The summed E-state index contributed by atoms with van der Waals surface area (Å²) in [5.41, 5.74) is 2.96. The highest BCUT2D eigenvalue weighted by molar-refractivity contribution is 5.99. The molecule has 0 bridgehead atoms. The summed E-state index contributed by atoms with van der Waals surface area (Å²) in [5.74, 6) is 1.60. The summed E-state index contributed by atoms with van der Waals surface area (Å²) in [6.45, 7) is 4.96. The van der Waals surface area contributed by atoms with Gasteiger partial charge in [0.25, 0.3) is 0 Å². The lowest BCUT2D eigenvalue weighted by molar-refractivity contribution is 0.0961. The molecule has 0 unspecified atom stereocenters. The number of ketones is 1. The maximum atomic E-state index is 12.9. The Kier molecular flexibility index (Phi) is 4.97. The number of benzene rings is 1. The third kappa shape index (κ3) is 3.69. The van der Waals surface area contributed by atoms with Crippen LogP contribution in [0.4, 0.5) is 11.9 Å². The molecule has 1 aliphatic heterocycles. The standard InChI is InChI=1S/C23H24N6O2/c1-15-21-18(13-16(14-20(21)31)17-5-2-3-6-19(17)30)27-23(26-15)29-11-9-28(10-12-29)22-24-7-4-8-25-22/h2-8,16,30H,9-14H2,1H3/t16-/m1/s1. The first-order valence-electron chi connectivity index (χ1n) is 10.6. The molecule has 2 aromatic heterocycles. The second-order valence-electron chi connectivity index (χ2n) is 8.04. The highest BCUT2D eigenvalue weighted by Crippen LogP contribution is 2.37. The lowest BCUT2D eigenvalue weighted by atomic mass is 9.81. The lowest BCUT2D eigenvalue weighted by Gasteiger charge is -2.35. The van der Waals surface area contributed by atoms with Gasteiger partial charge in [0.05, 0.1) is 17.0 Å². The molecule has 0 spiro atoms. The number of hydrogen-bond donors (Lipinski definition) is 1. The summed E-state index contributed by atoms with van der Waals surface area (Å²) in [5, 5.41) is 10.3. The normalized spacial score (nSPS) is 18.7. The van der Waals surface area contributed by atoms with E-state index in [-0.39, 0.29) is 17.5 Å². The van der Waals surface area contributed by atoms with E-state index in [1.165, 1.54) is 0 Å². The first kappa shape index (κ1) is 19.4. The minimum Gasteiger partial charge on any atom is -0.508 e. The van der Waals surface area contributed by atoms with Gasteiger partial charge in [0.2, 0.25) is 11.9 Å². The maximum Gasteiger partial charge on any atom is 0.225 e. The number of phenols is 1. The van der Waals surface area contributed by atoms with Crippen molar-refractivity contribution in [2.45, 2.75) is 25.7 Å². The predicted molar refractivity (Wildman–Crippen MR) is 117 cm³/mol. The number of carbonyl (C=O) groups excluding carboxylic acids is 1. The molecule has 0 radical (unpaired) electrons. The molecule has 1 fully saturated rings. The average Bonchev–Trinajstić information content (AvgIpc) is 2.79. The van der Waals surface area contributed by atoms with Crippen LogP contribution in [0.15, 0.2) is 42.7 Å². The van der Waals surface area contributed by atoms with Crippen molar-refractivity contribution in [2.75, 3.05) is 36.0 Å². The summed E-state index contributed by atoms with van der Waals surface area (Å²) in [6, 6.07) is 9.05. The lowest BCUT2D eigenvalue weighted by Crippen LogP contribution is -2.48. The highest BCUT2D eigenvalue weighted by atomic mass is 16.3. The fraction of sp³-hybridized carbons (Fsp3) is 0.348. The highest BCUT2D eigenvalue weighted by Gasteiger charge is 2.32. The van der Waals surface area contributed by atoms with Gasteiger partial charge < -0.3 is 14.9 Å². The molecule has 8 nitrogen and oxygen atoms in total. The van der Waals surface area contributed by atoms with Crippen molar-refractivity contribution in [1.82, 2.24) is 19.9 Å². The molecule has 31 heavy (non-hydrogen) atoms. The molecule has 158 valence electrons. The molecular formula is C23H24N6O2. The van der Waals surface area contributed by atoms with E-state index < -0.39 is 0 Å². The molecule has 1 aromatic carbocycles. The van der Waals surface area contributed by atoms with Crippen molar-refractivity contribution in [1.29, 1.82) is 0 Å². The molecular weight excluding hydrogens is 392 g/mol. The van der Waals surface area contributed by atoms with E-state index >= 15 is 0 Å². The van der Waals surface area contributed by atoms with Crippen LogP contribution in [0.25, 0.3) is 0 Å². The van der Waals surface area contributed by atoms with E-state index in [0.29, 0.717) is 24.4 Å². The van der Waals surface area contributed by atoms with Gasteiger partial charge in [-0.2, -0.15) is 0 Å². The number of anilines is 2. The van der Waals surface area contributed by atoms with Gasteiger partial charge in [-0.05, 0) is 31.0 Å². The fourth-order valence-electron chi connectivity index (χ4n) is 4.51. The van der Waals surface area contributed by atoms with Crippen LogP contribution in [0.3, 0.4) is 0 Å². The van der Waals surface area contributed by atoms with Gasteiger partial charge in [-0.1, -0.05) is 18.2 Å². The van der Waals surface area contributed by atoms with E-state index in [0.717, 1.165) is 49.1 Å². The smallest absolute Gasteiger partial charge is 0.225 e. The van der Waals surface area contributed by atoms with Crippen molar-refractivity contribution in [3.8, 4) is 5.75 Å². The van der Waals surface area contributed by atoms with Gasteiger partial charge in [0, 0.05) is 50.9 Å². The van der Waals surface area contributed by atoms with Gasteiger partial charge in [-0.25, -0.2) is 19.9 Å². The Hall–Kier alpha value is -3.55. The SMILES string of the molecule is Cc1nc(N2CCN(c3ncccn3)CC2)nc2c1C(=O)C[C@H](c1ccccc1O)C2. The van der Waals surface area contributed by atoms with E-state index in [2.05, 4.69) is 24.8 Å². The summed E-state index contributed by atoms with van der Waals surface area (Å²) in [4.78, 5) is 35.3. The molecule has 1 N–H and O–H groups in total. The number of piperazine rings is 1. The van der Waals surface area contributed by atoms with E-state index in [1.54, 1.807) is 24.5 Å². The minimum atomic E-state index is -0.0737. The molecule has 8 heteroatoms. The molecule has 0 saturated carbocycles. The van der Waals surface area contributed by atoms with Gasteiger partial charge in [0.15, 0.2) is 5.78 Å². The van der Waals surface area contributed by atoms with Gasteiger partial charge in [0.1, 0.15) is 5.75 Å².